The van der Waals surface area contributed by atoms with E-state index in [1.807, 2.05) is 0 Å². The van der Waals surface area contributed by atoms with Crippen LogP contribution in [0, 0.1) is 0 Å². The summed E-state index contributed by atoms with van der Waals surface area (Å²) in [5.74, 6) is -0.0154. The number of benzene rings is 2. The molecule has 0 heterocycles. The molecule has 0 bridgehead atoms. The first-order valence-corrected chi connectivity index (χ1v) is 7.32. The maximum Gasteiger partial charge on any atom is 0.417 e. The standard InChI is InChI=1S/C14H7Cl4F3/c15-6-7-1-2-8(10(3-7)14(19,20)21)9-4-12(17)13(18)5-11(9)16/h1-5H,6H2. The zero-order valence-electron chi connectivity index (χ0n) is 10.2. The van der Waals surface area contributed by atoms with Gasteiger partial charge < -0.3 is 0 Å². The van der Waals surface area contributed by atoms with Gasteiger partial charge in [0.05, 0.1) is 15.6 Å². The molecule has 2 aromatic rings. The molecule has 0 saturated carbocycles. The Labute approximate surface area is 139 Å². The lowest BCUT2D eigenvalue weighted by atomic mass is 9.97. The largest absolute Gasteiger partial charge is 0.417 e. The van der Waals surface area contributed by atoms with Gasteiger partial charge in [0.15, 0.2) is 0 Å². The normalized spacial score (nSPS) is 11.8. The van der Waals surface area contributed by atoms with Crippen molar-refractivity contribution >= 4 is 46.4 Å². The lowest BCUT2D eigenvalue weighted by molar-refractivity contribution is -0.137. The number of halogens is 7. The fourth-order valence-electron chi connectivity index (χ4n) is 1.87. The molecule has 0 aliphatic rings. The van der Waals surface area contributed by atoms with Crippen LogP contribution in [0.15, 0.2) is 30.3 Å². The van der Waals surface area contributed by atoms with E-state index in [0.717, 1.165) is 6.07 Å². The van der Waals surface area contributed by atoms with Crippen molar-refractivity contribution < 1.29 is 13.2 Å². The Kier molecular flexibility index (Phi) is 4.99. The second-order valence-electron chi connectivity index (χ2n) is 4.26. The lowest BCUT2D eigenvalue weighted by Gasteiger charge is -2.16. The molecular weight excluding hydrogens is 367 g/mol. The summed E-state index contributed by atoms with van der Waals surface area (Å²) < 4.78 is 39.7. The molecule has 0 amide bonds. The van der Waals surface area contributed by atoms with Gasteiger partial charge >= 0.3 is 6.18 Å². The van der Waals surface area contributed by atoms with Crippen molar-refractivity contribution in [3.8, 4) is 11.1 Å². The van der Waals surface area contributed by atoms with E-state index in [0.29, 0.717) is 5.56 Å². The Morgan fingerprint density at radius 2 is 1.43 bits per heavy atom. The molecular formula is C14H7Cl4F3. The summed E-state index contributed by atoms with van der Waals surface area (Å²) in [6.07, 6.45) is -4.53. The molecule has 2 aromatic carbocycles. The summed E-state index contributed by atoms with van der Waals surface area (Å²) in [7, 11) is 0. The molecule has 21 heavy (non-hydrogen) atoms. The third-order valence-corrected chi connectivity index (χ3v) is 4.19. The molecule has 0 atom stereocenters. The van der Waals surface area contributed by atoms with E-state index in [1.54, 1.807) is 0 Å². The molecule has 0 aromatic heterocycles. The zero-order valence-corrected chi connectivity index (χ0v) is 13.3. The minimum Gasteiger partial charge on any atom is -0.166 e. The van der Waals surface area contributed by atoms with Gasteiger partial charge in [-0.1, -0.05) is 46.9 Å². The Hall–Kier alpha value is -0.610. The molecule has 0 N–H and O–H groups in total. The summed E-state index contributed by atoms with van der Waals surface area (Å²) in [5, 5.41) is 0.399. The molecule has 0 nitrogen and oxygen atoms in total. The van der Waals surface area contributed by atoms with Crippen LogP contribution in [0.1, 0.15) is 11.1 Å². The van der Waals surface area contributed by atoms with Crippen molar-refractivity contribution in [2.45, 2.75) is 12.1 Å². The highest BCUT2D eigenvalue weighted by Crippen LogP contribution is 2.42. The van der Waals surface area contributed by atoms with E-state index in [-0.39, 0.29) is 32.1 Å². The van der Waals surface area contributed by atoms with Crippen LogP contribution >= 0.6 is 46.4 Å². The average Bonchev–Trinajstić information content (AvgIpc) is 2.41. The van der Waals surface area contributed by atoms with Crippen LogP contribution in [-0.2, 0) is 12.1 Å². The maximum absolute atomic E-state index is 13.2. The Bertz CT molecular complexity index is 681. The molecule has 0 saturated heterocycles. The molecule has 0 unspecified atom stereocenters. The number of rotatable bonds is 2. The van der Waals surface area contributed by atoms with Crippen LogP contribution in [0.5, 0.6) is 0 Å². The average molecular weight is 374 g/mol. The van der Waals surface area contributed by atoms with E-state index in [2.05, 4.69) is 0 Å². The van der Waals surface area contributed by atoms with E-state index in [4.69, 9.17) is 46.4 Å². The molecule has 0 radical (unpaired) electrons. The Balaban J connectivity index is 2.72. The van der Waals surface area contributed by atoms with Crippen molar-refractivity contribution in [1.29, 1.82) is 0 Å². The fourth-order valence-corrected chi connectivity index (χ4v) is 2.69. The van der Waals surface area contributed by atoms with E-state index < -0.39 is 11.7 Å². The molecule has 7 heteroatoms. The van der Waals surface area contributed by atoms with Gasteiger partial charge in [0, 0.05) is 16.5 Å². The first-order chi connectivity index (χ1) is 9.74. The predicted molar refractivity (Wildman–Crippen MR) is 81.5 cm³/mol. The van der Waals surface area contributed by atoms with Gasteiger partial charge in [-0.2, -0.15) is 13.2 Å². The Morgan fingerprint density at radius 1 is 0.810 bits per heavy atom. The highest BCUT2D eigenvalue weighted by Gasteiger charge is 2.34. The van der Waals surface area contributed by atoms with Crippen LogP contribution in [0.4, 0.5) is 13.2 Å². The molecule has 0 aliphatic carbocycles. The fraction of sp³-hybridized carbons (Fsp3) is 0.143. The van der Waals surface area contributed by atoms with Gasteiger partial charge in [0.25, 0.3) is 0 Å². The van der Waals surface area contributed by atoms with Gasteiger partial charge in [0.1, 0.15) is 0 Å². The van der Waals surface area contributed by atoms with Gasteiger partial charge in [0.2, 0.25) is 0 Å². The van der Waals surface area contributed by atoms with Gasteiger partial charge in [-0.3, -0.25) is 0 Å². The van der Waals surface area contributed by atoms with Crippen molar-refractivity contribution in [2.75, 3.05) is 0 Å². The van der Waals surface area contributed by atoms with Crippen molar-refractivity contribution in [3.63, 3.8) is 0 Å². The van der Waals surface area contributed by atoms with Crippen LogP contribution in [0.2, 0.25) is 15.1 Å². The first-order valence-electron chi connectivity index (χ1n) is 5.65. The number of hydrogen-bond donors (Lipinski definition) is 0. The van der Waals surface area contributed by atoms with Crippen molar-refractivity contribution in [2.24, 2.45) is 0 Å². The van der Waals surface area contributed by atoms with Gasteiger partial charge in [-0.15, -0.1) is 11.6 Å². The van der Waals surface area contributed by atoms with Gasteiger partial charge in [-0.05, 0) is 29.3 Å². The molecule has 112 valence electrons. The van der Waals surface area contributed by atoms with Gasteiger partial charge in [-0.25, -0.2) is 0 Å². The van der Waals surface area contributed by atoms with E-state index >= 15 is 0 Å². The van der Waals surface area contributed by atoms with Crippen molar-refractivity contribution in [3.05, 3.63) is 56.5 Å². The van der Waals surface area contributed by atoms with Crippen LogP contribution < -0.4 is 0 Å². The van der Waals surface area contributed by atoms with E-state index in [1.165, 1.54) is 24.3 Å². The summed E-state index contributed by atoms with van der Waals surface area (Å²) in [5.41, 5.74) is -0.357. The summed E-state index contributed by atoms with van der Waals surface area (Å²) >= 11 is 23.3. The molecule has 0 aliphatic heterocycles. The summed E-state index contributed by atoms with van der Waals surface area (Å²) in [6.45, 7) is 0. The smallest absolute Gasteiger partial charge is 0.166 e. The quantitative estimate of drug-likeness (QED) is 0.390. The minimum absolute atomic E-state index is 0.0154. The zero-order chi connectivity index (χ0) is 15.8. The first kappa shape index (κ1) is 16.8. The molecule has 0 fully saturated rings. The minimum atomic E-state index is -4.53. The van der Waals surface area contributed by atoms with E-state index in [9.17, 15) is 13.2 Å². The highest BCUT2D eigenvalue weighted by atomic mass is 35.5. The lowest BCUT2D eigenvalue weighted by Crippen LogP contribution is -2.08. The third-order valence-electron chi connectivity index (χ3n) is 2.84. The summed E-state index contributed by atoms with van der Waals surface area (Å²) in [4.78, 5) is 0. The molecule has 2 rings (SSSR count). The van der Waals surface area contributed by atoms with Crippen LogP contribution in [-0.4, -0.2) is 0 Å². The maximum atomic E-state index is 13.2. The summed E-state index contributed by atoms with van der Waals surface area (Å²) in [6, 6.07) is 6.47. The SMILES string of the molecule is FC(F)(F)c1cc(CCl)ccc1-c1cc(Cl)c(Cl)cc1Cl. The number of alkyl halides is 4. The third kappa shape index (κ3) is 3.59. The second-order valence-corrected chi connectivity index (χ2v) is 5.75. The molecule has 0 spiro atoms. The monoisotopic (exact) mass is 372 g/mol. The topological polar surface area (TPSA) is 0 Å². The van der Waals surface area contributed by atoms with Crippen molar-refractivity contribution in [1.82, 2.24) is 0 Å². The Morgan fingerprint density at radius 3 is 2.00 bits per heavy atom. The number of hydrogen-bond acceptors (Lipinski definition) is 0. The highest BCUT2D eigenvalue weighted by molar-refractivity contribution is 6.44. The van der Waals surface area contributed by atoms with Crippen LogP contribution in [0.25, 0.3) is 11.1 Å². The second kappa shape index (κ2) is 6.25. The predicted octanol–water partition coefficient (Wildman–Crippen LogP) is 7.07. The van der Waals surface area contributed by atoms with Crippen LogP contribution in [0.3, 0.4) is 0 Å².